The summed E-state index contributed by atoms with van der Waals surface area (Å²) in [6, 6.07) is 1.98. The van der Waals surface area contributed by atoms with Crippen LogP contribution in [0.4, 0.5) is 4.79 Å². The molecule has 0 fully saturated rings. The van der Waals surface area contributed by atoms with Crippen LogP contribution in [0.25, 0.3) is 0 Å². The minimum absolute atomic E-state index is 0.181. The standard InChI is InChI=1S/C12H15N5O2/c1-15-4-5-17-11(7-15)6-10(14-17)8-19-12(18)16-3-2-13-9-16/h2-3,6,9H,4-5,7-8H2,1H3. The van der Waals surface area contributed by atoms with Gasteiger partial charge in [0.25, 0.3) is 0 Å². The smallest absolute Gasteiger partial charge is 0.419 e. The number of ether oxygens (including phenoxy) is 1. The predicted molar refractivity (Wildman–Crippen MR) is 66.4 cm³/mol. The van der Waals surface area contributed by atoms with Gasteiger partial charge in [-0.05, 0) is 13.1 Å². The molecule has 0 bridgehead atoms. The molecule has 0 radical (unpaired) electrons. The van der Waals surface area contributed by atoms with Crippen molar-refractivity contribution in [1.29, 1.82) is 0 Å². The summed E-state index contributed by atoms with van der Waals surface area (Å²) in [6.45, 7) is 2.92. The van der Waals surface area contributed by atoms with Crippen molar-refractivity contribution in [3.8, 4) is 0 Å². The highest BCUT2D eigenvalue weighted by Crippen LogP contribution is 2.13. The molecule has 7 heteroatoms. The van der Waals surface area contributed by atoms with Crippen molar-refractivity contribution in [3.05, 3.63) is 36.2 Å². The molecule has 1 aliphatic heterocycles. The van der Waals surface area contributed by atoms with E-state index in [1.165, 1.54) is 17.1 Å². The van der Waals surface area contributed by atoms with Crippen LogP contribution in [0, 0.1) is 0 Å². The summed E-state index contributed by atoms with van der Waals surface area (Å²) in [6.07, 6.45) is 4.05. The van der Waals surface area contributed by atoms with Gasteiger partial charge < -0.3 is 4.74 Å². The minimum Gasteiger partial charge on any atom is -0.442 e. The van der Waals surface area contributed by atoms with Crippen molar-refractivity contribution < 1.29 is 9.53 Å². The number of carbonyl (C=O) groups is 1. The number of aromatic nitrogens is 4. The van der Waals surface area contributed by atoms with E-state index >= 15 is 0 Å². The molecule has 7 nitrogen and oxygen atoms in total. The Bertz CT molecular complexity index is 575. The molecule has 0 saturated carbocycles. The lowest BCUT2D eigenvalue weighted by Gasteiger charge is -2.22. The summed E-state index contributed by atoms with van der Waals surface area (Å²) < 4.78 is 8.44. The van der Waals surface area contributed by atoms with E-state index in [1.807, 2.05) is 10.7 Å². The van der Waals surface area contributed by atoms with Crippen molar-refractivity contribution in [2.45, 2.75) is 19.7 Å². The van der Waals surface area contributed by atoms with Crippen molar-refractivity contribution in [2.24, 2.45) is 0 Å². The quantitative estimate of drug-likeness (QED) is 0.796. The highest BCUT2D eigenvalue weighted by atomic mass is 16.5. The summed E-state index contributed by atoms with van der Waals surface area (Å²) >= 11 is 0. The zero-order valence-corrected chi connectivity index (χ0v) is 10.7. The number of rotatable bonds is 2. The second-order valence-corrected chi connectivity index (χ2v) is 4.61. The van der Waals surface area contributed by atoms with E-state index < -0.39 is 6.09 Å². The highest BCUT2D eigenvalue weighted by molar-refractivity contribution is 5.69. The SMILES string of the molecule is CN1CCn2nc(COC(=O)n3ccnc3)cc2C1. The molecule has 0 spiro atoms. The Morgan fingerprint density at radius 1 is 1.47 bits per heavy atom. The highest BCUT2D eigenvalue weighted by Gasteiger charge is 2.16. The lowest BCUT2D eigenvalue weighted by molar-refractivity contribution is 0.139. The van der Waals surface area contributed by atoms with Gasteiger partial charge in [-0.3, -0.25) is 9.58 Å². The van der Waals surface area contributed by atoms with Gasteiger partial charge in [0.2, 0.25) is 0 Å². The maximum Gasteiger partial charge on any atom is 0.419 e. The summed E-state index contributed by atoms with van der Waals surface area (Å²) in [5.41, 5.74) is 1.93. The monoisotopic (exact) mass is 261 g/mol. The summed E-state index contributed by atoms with van der Waals surface area (Å²) in [7, 11) is 2.08. The number of imidazole rings is 1. The number of likely N-dealkylation sites (N-methyl/N-ethyl adjacent to an activating group) is 1. The van der Waals surface area contributed by atoms with Crippen LogP contribution in [0.5, 0.6) is 0 Å². The maximum absolute atomic E-state index is 11.6. The number of hydrogen-bond acceptors (Lipinski definition) is 5. The fourth-order valence-corrected chi connectivity index (χ4v) is 2.10. The Morgan fingerprint density at radius 3 is 3.16 bits per heavy atom. The van der Waals surface area contributed by atoms with Crippen LogP contribution in [0.1, 0.15) is 11.4 Å². The van der Waals surface area contributed by atoms with E-state index in [0.717, 1.165) is 31.0 Å². The van der Waals surface area contributed by atoms with Crippen LogP contribution in [-0.4, -0.2) is 43.9 Å². The van der Waals surface area contributed by atoms with Crippen molar-refractivity contribution in [1.82, 2.24) is 24.2 Å². The summed E-state index contributed by atoms with van der Waals surface area (Å²) in [5, 5.41) is 4.43. The van der Waals surface area contributed by atoms with Crippen LogP contribution in [-0.2, 0) is 24.4 Å². The molecule has 0 unspecified atom stereocenters. The Balaban J connectivity index is 1.63. The number of fused-ring (bicyclic) bond motifs is 1. The molecule has 3 heterocycles. The van der Waals surface area contributed by atoms with Gasteiger partial charge in [0.15, 0.2) is 0 Å². The zero-order chi connectivity index (χ0) is 13.2. The van der Waals surface area contributed by atoms with E-state index in [2.05, 4.69) is 22.0 Å². The first-order chi connectivity index (χ1) is 9.22. The Labute approximate surface area is 110 Å². The molecular formula is C12H15N5O2. The average molecular weight is 261 g/mol. The normalized spacial score (nSPS) is 15.2. The molecule has 0 amide bonds. The fourth-order valence-electron chi connectivity index (χ4n) is 2.10. The lowest BCUT2D eigenvalue weighted by atomic mass is 10.3. The molecule has 2 aromatic heterocycles. The van der Waals surface area contributed by atoms with E-state index in [1.54, 1.807) is 6.20 Å². The number of nitrogens with zero attached hydrogens (tertiary/aromatic N) is 5. The average Bonchev–Trinajstić information content (AvgIpc) is 3.04. The van der Waals surface area contributed by atoms with Gasteiger partial charge in [0.1, 0.15) is 18.6 Å². The third kappa shape index (κ3) is 2.50. The van der Waals surface area contributed by atoms with Gasteiger partial charge in [-0.2, -0.15) is 5.10 Å². The molecular weight excluding hydrogens is 246 g/mol. The molecule has 2 aromatic rings. The van der Waals surface area contributed by atoms with Gasteiger partial charge in [-0.25, -0.2) is 14.3 Å². The third-order valence-corrected chi connectivity index (χ3v) is 3.10. The molecule has 100 valence electrons. The molecule has 0 aromatic carbocycles. The van der Waals surface area contributed by atoms with Crippen LogP contribution in [0.15, 0.2) is 24.8 Å². The van der Waals surface area contributed by atoms with Crippen LogP contribution >= 0.6 is 0 Å². The molecule has 1 aliphatic rings. The number of carbonyl (C=O) groups excluding carboxylic acids is 1. The van der Waals surface area contributed by atoms with Crippen LogP contribution in [0.3, 0.4) is 0 Å². The second kappa shape index (κ2) is 4.85. The third-order valence-electron chi connectivity index (χ3n) is 3.10. The Hall–Kier alpha value is -2.15. The van der Waals surface area contributed by atoms with E-state index in [4.69, 9.17) is 4.74 Å². The van der Waals surface area contributed by atoms with Crippen molar-refractivity contribution in [2.75, 3.05) is 13.6 Å². The first-order valence-corrected chi connectivity index (χ1v) is 6.11. The summed E-state index contributed by atoms with van der Waals surface area (Å²) in [5.74, 6) is 0. The Morgan fingerprint density at radius 2 is 2.37 bits per heavy atom. The first kappa shape index (κ1) is 11.9. The summed E-state index contributed by atoms with van der Waals surface area (Å²) in [4.78, 5) is 17.7. The largest absolute Gasteiger partial charge is 0.442 e. The molecule has 0 atom stereocenters. The maximum atomic E-state index is 11.6. The molecule has 0 saturated heterocycles. The molecule has 0 aliphatic carbocycles. The lowest BCUT2D eigenvalue weighted by Crippen LogP contribution is -2.30. The zero-order valence-electron chi connectivity index (χ0n) is 10.7. The predicted octanol–water partition coefficient (Wildman–Crippen LogP) is 0.710. The minimum atomic E-state index is -0.444. The van der Waals surface area contributed by atoms with Crippen LogP contribution in [0.2, 0.25) is 0 Å². The van der Waals surface area contributed by atoms with Gasteiger partial charge >= 0.3 is 6.09 Å². The van der Waals surface area contributed by atoms with Gasteiger partial charge in [0, 0.05) is 25.5 Å². The van der Waals surface area contributed by atoms with Crippen molar-refractivity contribution >= 4 is 6.09 Å². The van der Waals surface area contributed by atoms with E-state index in [-0.39, 0.29) is 6.61 Å². The topological polar surface area (TPSA) is 65.2 Å². The van der Waals surface area contributed by atoms with E-state index in [9.17, 15) is 4.79 Å². The van der Waals surface area contributed by atoms with Crippen molar-refractivity contribution in [3.63, 3.8) is 0 Å². The van der Waals surface area contributed by atoms with Gasteiger partial charge in [0.05, 0.1) is 12.2 Å². The van der Waals surface area contributed by atoms with Crippen LogP contribution < -0.4 is 0 Å². The Kier molecular flexibility index (Phi) is 3.04. The van der Waals surface area contributed by atoms with Gasteiger partial charge in [-0.1, -0.05) is 0 Å². The first-order valence-electron chi connectivity index (χ1n) is 6.11. The second-order valence-electron chi connectivity index (χ2n) is 4.61. The number of hydrogen-bond donors (Lipinski definition) is 0. The molecule has 0 N–H and O–H groups in total. The van der Waals surface area contributed by atoms with E-state index in [0.29, 0.717) is 0 Å². The van der Waals surface area contributed by atoms with Gasteiger partial charge in [-0.15, -0.1) is 0 Å². The molecule has 19 heavy (non-hydrogen) atoms. The fraction of sp³-hybridized carbons (Fsp3) is 0.417. The molecule has 3 rings (SSSR count).